The summed E-state index contributed by atoms with van der Waals surface area (Å²) in [6, 6.07) is 11.8. The number of sulfonamides is 1. The first-order valence-electron chi connectivity index (χ1n) is 11.3. The quantitative estimate of drug-likeness (QED) is 0.586. The summed E-state index contributed by atoms with van der Waals surface area (Å²) in [7, 11) is -0.646. The molecule has 1 fully saturated rings. The Morgan fingerprint density at radius 2 is 1.82 bits per heavy atom. The number of carbonyl (C=O) groups is 1. The van der Waals surface area contributed by atoms with E-state index in [0.29, 0.717) is 25.4 Å². The van der Waals surface area contributed by atoms with Gasteiger partial charge in [0.05, 0.1) is 10.9 Å². The molecule has 9 nitrogen and oxygen atoms in total. The Kier molecular flexibility index (Phi) is 7.13. The number of nitrogens with zero attached hydrogens (tertiary/aromatic N) is 1. The Bertz CT molecular complexity index is 1150. The first-order valence-corrected chi connectivity index (χ1v) is 12.7. The van der Waals surface area contributed by atoms with Gasteiger partial charge in [0.25, 0.3) is 0 Å². The van der Waals surface area contributed by atoms with Gasteiger partial charge < -0.3 is 24.8 Å². The number of rotatable bonds is 8. The number of carbonyl (C=O) groups excluding carboxylic acids is 1. The van der Waals surface area contributed by atoms with Crippen molar-refractivity contribution >= 4 is 21.6 Å². The number of ether oxygens (including phenoxy) is 3. The molecule has 0 bridgehead atoms. The van der Waals surface area contributed by atoms with Crippen LogP contribution in [0.2, 0.25) is 0 Å². The second-order valence-corrected chi connectivity index (χ2v) is 11.0. The van der Waals surface area contributed by atoms with E-state index in [1.54, 1.807) is 19.1 Å². The maximum absolute atomic E-state index is 12.9. The summed E-state index contributed by atoms with van der Waals surface area (Å²) in [5.74, 6) is 1.24. The fraction of sp³-hybridized carbons (Fsp3) is 0.458. The molecule has 2 aromatic rings. The zero-order valence-electron chi connectivity index (χ0n) is 19.7. The van der Waals surface area contributed by atoms with Crippen molar-refractivity contribution < 1.29 is 27.4 Å². The van der Waals surface area contributed by atoms with Crippen LogP contribution in [0.1, 0.15) is 25.3 Å². The molecule has 0 radical (unpaired) electrons. The minimum atomic E-state index is -3.59. The molecular formula is C24H31N3O6S. The fourth-order valence-corrected chi connectivity index (χ4v) is 5.14. The highest BCUT2D eigenvalue weighted by Crippen LogP contribution is 2.40. The van der Waals surface area contributed by atoms with Gasteiger partial charge in [-0.2, -0.15) is 0 Å². The third-order valence-corrected chi connectivity index (χ3v) is 8.27. The Morgan fingerprint density at radius 3 is 2.56 bits per heavy atom. The molecule has 1 amide bonds. The van der Waals surface area contributed by atoms with Crippen molar-refractivity contribution in [3.63, 3.8) is 0 Å². The number of amides is 1. The van der Waals surface area contributed by atoms with Crippen molar-refractivity contribution in [1.29, 1.82) is 0 Å². The van der Waals surface area contributed by atoms with E-state index in [-0.39, 0.29) is 23.0 Å². The summed E-state index contributed by atoms with van der Waals surface area (Å²) in [5, 5.41) is 6.20. The van der Waals surface area contributed by atoms with Crippen LogP contribution < -0.4 is 20.1 Å². The lowest BCUT2D eigenvalue weighted by Crippen LogP contribution is -2.48. The van der Waals surface area contributed by atoms with Crippen LogP contribution in [0.25, 0.3) is 0 Å². The van der Waals surface area contributed by atoms with Gasteiger partial charge in [-0.3, -0.25) is 4.79 Å². The molecule has 0 aromatic heterocycles. The number of hydrogen-bond donors (Lipinski definition) is 2. The smallest absolute Gasteiger partial charge is 0.242 e. The molecule has 1 saturated heterocycles. The van der Waals surface area contributed by atoms with Crippen LogP contribution in [0, 0.1) is 0 Å². The van der Waals surface area contributed by atoms with Gasteiger partial charge in [0, 0.05) is 45.0 Å². The molecular weight excluding hydrogens is 458 g/mol. The molecule has 184 valence electrons. The zero-order chi connectivity index (χ0) is 24.3. The highest BCUT2D eigenvalue weighted by Gasteiger charge is 2.36. The van der Waals surface area contributed by atoms with E-state index in [0.717, 1.165) is 34.2 Å². The second-order valence-electron chi connectivity index (χ2n) is 8.87. The maximum atomic E-state index is 12.9. The van der Waals surface area contributed by atoms with Gasteiger partial charge in [-0.05, 0) is 55.7 Å². The molecule has 1 unspecified atom stereocenters. The monoisotopic (exact) mass is 489 g/mol. The number of benzene rings is 2. The highest BCUT2D eigenvalue weighted by atomic mass is 32.2. The third-order valence-electron chi connectivity index (χ3n) is 6.45. The van der Waals surface area contributed by atoms with Crippen LogP contribution in [0.3, 0.4) is 0 Å². The van der Waals surface area contributed by atoms with E-state index in [1.165, 1.54) is 26.2 Å². The molecule has 1 atom stereocenters. The van der Waals surface area contributed by atoms with Crippen molar-refractivity contribution in [2.75, 3.05) is 46.0 Å². The SMILES string of the molecule is CC(NCC1(c2ccc3c(c2)OCO3)CCOCC1)C(=O)Nc1cccc(S(=O)(=O)N(C)C)c1. The molecule has 34 heavy (non-hydrogen) atoms. The number of hydrogen-bond acceptors (Lipinski definition) is 7. The Hall–Kier alpha value is -2.66. The minimum absolute atomic E-state index is 0.125. The molecule has 0 spiro atoms. The van der Waals surface area contributed by atoms with Crippen LogP contribution in [-0.4, -0.2) is 65.3 Å². The van der Waals surface area contributed by atoms with Gasteiger partial charge in [0.15, 0.2) is 11.5 Å². The van der Waals surface area contributed by atoms with Crippen molar-refractivity contribution in [3.05, 3.63) is 48.0 Å². The van der Waals surface area contributed by atoms with Gasteiger partial charge in [0.2, 0.25) is 22.7 Å². The molecule has 2 heterocycles. The zero-order valence-corrected chi connectivity index (χ0v) is 20.5. The van der Waals surface area contributed by atoms with Crippen LogP contribution in [0.15, 0.2) is 47.4 Å². The molecule has 2 aromatic carbocycles. The summed E-state index contributed by atoms with van der Waals surface area (Å²) in [6.45, 7) is 3.89. The van der Waals surface area contributed by atoms with E-state index in [4.69, 9.17) is 14.2 Å². The van der Waals surface area contributed by atoms with Crippen molar-refractivity contribution in [2.24, 2.45) is 0 Å². The molecule has 2 aliphatic heterocycles. The molecule has 2 N–H and O–H groups in total. The lowest BCUT2D eigenvalue weighted by molar-refractivity contribution is -0.117. The second kappa shape index (κ2) is 9.91. The van der Waals surface area contributed by atoms with E-state index in [9.17, 15) is 13.2 Å². The Balaban J connectivity index is 1.44. The summed E-state index contributed by atoms with van der Waals surface area (Å²) < 4.78 is 42.6. The maximum Gasteiger partial charge on any atom is 0.242 e. The van der Waals surface area contributed by atoms with E-state index in [1.807, 2.05) is 12.1 Å². The Morgan fingerprint density at radius 1 is 1.09 bits per heavy atom. The average molecular weight is 490 g/mol. The third kappa shape index (κ3) is 5.05. The normalized spacial score (nSPS) is 18.0. The molecule has 2 aliphatic rings. The van der Waals surface area contributed by atoms with Gasteiger partial charge in [-0.25, -0.2) is 12.7 Å². The summed E-state index contributed by atoms with van der Waals surface area (Å²) >= 11 is 0. The predicted molar refractivity (Wildman–Crippen MR) is 128 cm³/mol. The summed E-state index contributed by atoms with van der Waals surface area (Å²) in [4.78, 5) is 13.0. The summed E-state index contributed by atoms with van der Waals surface area (Å²) in [6.07, 6.45) is 1.64. The van der Waals surface area contributed by atoms with Crippen molar-refractivity contribution in [1.82, 2.24) is 9.62 Å². The van der Waals surface area contributed by atoms with E-state index >= 15 is 0 Å². The first-order chi connectivity index (χ1) is 16.2. The van der Waals surface area contributed by atoms with Crippen LogP contribution in [0.5, 0.6) is 11.5 Å². The number of anilines is 1. The number of fused-ring (bicyclic) bond motifs is 1. The molecule has 0 aliphatic carbocycles. The first kappa shape index (κ1) is 24.5. The molecule has 4 rings (SSSR count). The van der Waals surface area contributed by atoms with Gasteiger partial charge in [-0.1, -0.05) is 12.1 Å². The Labute approximate surface area is 200 Å². The predicted octanol–water partition coefficient (Wildman–Crippen LogP) is 2.33. The standard InChI is InChI=1S/C24H31N3O6S/c1-17(23(28)26-19-5-4-6-20(14-19)34(29,30)27(2)3)25-15-24(9-11-31-12-10-24)18-7-8-21-22(13-18)33-16-32-21/h4-8,13-14,17,25H,9-12,15-16H2,1-3H3,(H,26,28). The van der Waals surface area contributed by atoms with Gasteiger partial charge in [-0.15, -0.1) is 0 Å². The molecule has 0 saturated carbocycles. The number of nitrogens with one attached hydrogen (secondary N) is 2. The topological polar surface area (TPSA) is 106 Å². The van der Waals surface area contributed by atoms with Crippen molar-refractivity contribution in [3.8, 4) is 11.5 Å². The largest absolute Gasteiger partial charge is 0.454 e. The lowest BCUT2D eigenvalue weighted by Gasteiger charge is -2.38. The average Bonchev–Trinajstić information content (AvgIpc) is 3.31. The fourth-order valence-electron chi connectivity index (χ4n) is 4.19. The van der Waals surface area contributed by atoms with E-state index < -0.39 is 16.1 Å². The highest BCUT2D eigenvalue weighted by molar-refractivity contribution is 7.89. The molecule has 10 heteroatoms. The lowest BCUT2D eigenvalue weighted by atomic mass is 9.74. The van der Waals surface area contributed by atoms with Crippen LogP contribution >= 0.6 is 0 Å². The van der Waals surface area contributed by atoms with E-state index in [2.05, 4.69) is 16.7 Å². The summed E-state index contributed by atoms with van der Waals surface area (Å²) in [5.41, 5.74) is 1.35. The van der Waals surface area contributed by atoms with Crippen LogP contribution in [-0.2, 0) is 25.0 Å². The van der Waals surface area contributed by atoms with Crippen molar-refractivity contribution in [2.45, 2.75) is 36.1 Å². The minimum Gasteiger partial charge on any atom is -0.454 e. The van der Waals surface area contributed by atoms with Crippen LogP contribution in [0.4, 0.5) is 5.69 Å². The van der Waals surface area contributed by atoms with Gasteiger partial charge >= 0.3 is 0 Å². The van der Waals surface area contributed by atoms with Gasteiger partial charge in [0.1, 0.15) is 0 Å².